The Morgan fingerprint density at radius 2 is 1.89 bits per heavy atom. The Hall–Kier alpha value is -2.18. The normalized spacial score (nSPS) is 9.84. The fourth-order valence-electron chi connectivity index (χ4n) is 1.29. The Balaban J connectivity index is 2.39. The molecule has 0 aliphatic rings. The molecule has 0 aliphatic carbocycles. The van der Waals surface area contributed by atoms with Crippen molar-refractivity contribution < 1.29 is 23.1 Å². The number of nitrogens with one attached hydrogen (secondary N) is 2. The Bertz CT molecular complexity index is 466. The lowest BCUT2D eigenvalue weighted by Gasteiger charge is -2.07. The minimum Gasteiger partial charge on any atom is -0.450 e. The summed E-state index contributed by atoms with van der Waals surface area (Å²) in [6.45, 7) is 2.11. The number of carbonyl (C=O) groups excluding carboxylic acids is 2. The van der Waals surface area contributed by atoms with Crippen LogP contribution in [0.1, 0.15) is 17.3 Å². The number of benzene rings is 1. The summed E-state index contributed by atoms with van der Waals surface area (Å²) < 4.78 is 30.7. The molecule has 1 aromatic carbocycles. The van der Waals surface area contributed by atoms with Crippen LogP contribution in [0, 0.1) is 11.6 Å². The van der Waals surface area contributed by atoms with Gasteiger partial charge in [-0.15, -0.1) is 0 Å². The highest BCUT2D eigenvalue weighted by Gasteiger charge is 2.12. The first kappa shape index (κ1) is 14.9. The molecule has 7 heteroatoms. The minimum atomic E-state index is -0.808. The van der Waals surface area contributed by atoms with Crippen molar-refractivity contribution in [1.29, 1.82) is 0 Å². The van der Waals surface area contributed by atoms with Crippen molar-refractivity contribution >= 4 is 12.0 Å². The molecule has 0 radical (unpaired) electrons. The molecule has 1 rings (SSSR count). The monoisotopic (exact) mass is 272 g/mol. The van der Waals surface area contributed by atoms with Gasteiger partial charge in [-0.05, 0) is 25.1 Å². The SMILES string of the molecule is CCOC(=O)NCCNC(=O)c1cc(F)ccc1F. The lowest BCUT2D eigenvalue weighted by atomic mass is 10.2. The van der Waals surface area contributed by atoms with E-state index >= 15 is 0 Å². The van der Waals surface area contributed by atoms with Crippen LogP contribution in [0.3, 0.4) is 0 Å². The van der Waals surface area contributed by atoms with Crippen LogP contribution in [-0.2, 0) is 4.74 Å². The molecule has 0 fully saturated rings. The van der Waals surface area contributed by atoms with Gasteiger partial charge in [0.15, 0.2) is 0 Å². The molecular weight excluding hydrogens is 258 g/mol. The van der Waals surface area contributed by atoms with E-state index in [2.05, 4.69) is 15.4 Å². The van der Waals surface area contributed by atoms with Crippen molar-refractivity contribution in [2.24, 2.45) is 0 Å². The molecule has 19 heavy (non-hydrogen) atoms. The van der Waals surface area contributed by atoms with Crippen molar-refractivity contribution in [3.63, 3.8) is 0 Å². The van der Waals surface area contributed by atoms with Crippen molar-refractivity contribution in [3.8, 4) is 0 Å². The zero-order chi connectivity index (χ0) is 14.3. The highest BCUT2D eigenvalue weighted by molar-refractivity contribution is 5.94. The Kier molecular flexibility index (Phi) is 5.72. The molecule has 0 saturated carbocycles. The second kappa shape index (κ2) is 7.30. The first-order valence-electron chi connectivity index (χ1n) is 5.68. The van der Waals surface area contributed by atoms with E-state index < -0.39 is 23.6 Å². The van der Waals surface area contributed by atoms with Crippen LogP contribution in [0.5, 0.6) is 0 Å². The average Bonchev–Trinajstić information content (AvgIpc) is 2.37. The topological polar surface area (TPSA) is 67.4 Å². The van der Waals surface area contributed by atoms with E-state index in [-0.39, 0.29) is 25.3 Å². The third-order valence-electron chi connectivity index (χ3n) is 2.13. The van der Waals surface area contributed by atoms with Crippen LogP contribution in [0.4, 0.5) is 13.6 Å². The summed E-state index contributed by atoms with van der Waals surface area (Å²) in [5.74, 6) is -2.25. The van der Waals surface area contributed by atoms with E-state index in [4.69, 9.17) is 0 Å². The van der Waals surface area contributed by atoms with Crippen LogP contribution in [0.2, 0.25) is 0 Å². The Morgan fingerprint density at radius 1 is 1.21 bits per heavy atom. The van der Waals surface area contributed by atoms with Crippen molar-refractivity contribution in [2.75, 3.05) is 19.7 Å². The second-order valence-corrected chi connectivity index (χ2v) is 3.53. The van der Waals surface area contributed by atoms with E-state index in [0.717, 1.165) is 18.2 Å². The van der Waals surface area contributed by atoms with Gasteiger partial charge in [-0.1, -0.05) is 0 Å². The largest absolute Gasteiger partial charge is 0.450 e. The van der Waals surface area contributed by atoms with Gasteiger partial charge < -0.3 is 15.4 Å². The number of amides is 2. The number of carbonyl (C=O) groups is 2. The van der Waals surface area contributed by atoms with Crippen LogP contribution in [0.15, 0.2) is 18.2 Å². The first-order valence-corrected chi connectivity index (χ1v) is 5.68. The summed E-state index contributed by atoms with van der Waals surface area (Å²) in [6.07, 6.45) is -0.603. The highest BCUT2D eigenvalue weighted by Crippen LogP contribution is 2.09. The molecule has 5 nitrogen and oxygen atoms in total. The summed E-state index contributed by atoms with van der Waals surface area (Å²) in [6, 6.07) is 2.61. The van der Waals surface area contributed by atoms with Crippen LogP contribution < -0.4 is 10.6 Å². The molecule has 0 aromatic heterocycles. The summed E-state index contributed by atoms with van der Waals surface area (Å²) in [4.78, 5) is 22.4. The number of hydrogen-bond acceptors (Lipinski definition) is 3. The van der Waals surface area contributed by atoms with E-state index in [9.17, 15) is 18.4 Å². The number of halogens is 2. The molecule has 0 atom stereocenters. The van der Waals surface area contributed by atoms with Gasteiger partial charge in [-0.2, -0.15) is 0 Å². The lowest BCUT2D eigenvalue weighted by Crippen LogP contribution is -2.35. The van der Waals surface area contributed by atoms with Gasteiger partial charge in [0.05, 0.1) is 12.2 Å². The number of ether oxygens (including phenoxy) is 1. The van der Waals surface area contributed by atoms with E-state index in [1.165, 1.54) is 0 Å². The van der Waals surface area contributed by atoms with Gasteiger partial charge in [0, 0.05) is 13.1 Å². The maximum Gasteiger partial charge on any atom is 0.407 e. The Morgan fingerprint density at radius 3 is 2.58 bits per heavy atom. The van der Waals surface area contributed by atoms with Gasteiger partial charge in [0.25, 0.3) is 5.91 Å². The van der Waals surface area contributed by atoms with Crippen LogP contribution in [-0.4, -0.2) is 31.7 Å². The van der Waals surface area contributed by atoms with Gasteiger partial charge in [-0.25, -0.2) is 13.6 Å². The van der Waals surface area contributed by atoms with Crippen molar-refractivity contribution in [2.45, 2.75) is 6.92 Å². The summed E-state index contributed by atoms with van der Waals surface area (Å²) in [5.41, 5.74) is -0.379. The molecule has 0 saturated heterocycles. The van der Waals surface area contributed by atoms with Crippen molar-refractivity contribution in [3.05, 3.63) is 35.4 Å². The second-order valence-electron chi connectivity index (χ2n) is 3.53. The smallest absolute Gasteiger partial charge is 0.407 e. The molecule has 0 bridgehead atoms. The molecule has 104 valence electrons. The molecule has 2 amide bonds. The molecule has 1 aromatic rings. The third-order valence-corrected chi connectivity index (χ3v) is 2.13. The third kappa shape index (κ3) is 4.90. The highest BCUT2D eigenvalue weighted by atomic mass is 19.1. The van der Waals surface area contributed by atoms with Crippen molar-refractivity contribution in [1.82, 2.24) is 10.6 Å². The number of hydrogen-bond donors (Lipinski definition) is 2. The predicted molar refractivity (Wildman–Crippen MR) is 63.7 cm³/mol. The number of alkyl carbamates (subject to hydrolysis) is 1. The molecule has 0 aliphatic heterocycles. The standard InChI is InChI=1S/C12H14F2N2O3/c1-2-19-12(18)16-6-5-15-11(17)9-7-8(13)3-4-10(9)14/h3-4,7H,2,5-6H2,1H3,(H,15,17)(H,16,18). The summed E-state index contributed by atoms with van der Waals surface area (Å²) in [7, 11) is 0. The van der Waals surface area contributed by atoms with E-state index in [1.807, 2.05) is 0 Å². The molecule has 2 N–H and O–H groups in total. The zero-order valence-electron chi connectivity index (χ0n) is 10.3. The maximum atomic E-state index is 13.2. The number of rotatable bonds is 5. The van der Waals surface area contributed by atoms with Crippen LogP contribution in [0.25, 0.3) is 0 Å². The Labute approximate surface area is 108 Å². The molecular formula is C12H14F2N2O3. The van der Waals surface area contributed by atoms with E-state index in [1.54, 1.807) is 6.92 Å². The van der Waals surface area contributed by atoms with Crippen LogP contribution >= 0.6 is 0 Å². The van der Waals surface area contributed by atoms with Gasteiger partial charge in [-0.3, -0.25) is 4.79 Å². The summed E-state index contributed by atoms with van der Waals surface area (Å²) in [5, 5.41) is 4.72. The molecule has 0 spiro atoms. The lowest BCUT2D eigenvalue weighted by molar-refractivity contribution is 0.0947. The fraction of sp³-hybridized carbons (Fsp3) is 0.333. The predicted octanol–water partition coefficient (Wildman–Crippen LogP) is 1.44. The van der Waals surface area contributed by atoms with E-state index in [0.29, 0.717) is 0 Å². The minimum absolute atomic E-state index is 0.0770. The first-order chi connectivity index (χ1) is 9.04. The quantitative estimate of drug-likeness (QED) is 0.797. The fourth-order valence-corrected chi connectivity index (χ4v) is 1.29. The van der Waals surface area contributed by atoms with Gasteiger partial charge >= 0.3 is 6.09 Å². The average molecular weight is 272 g/mol. The van der Waals surface area contributed by atoms with Gasteiger partial charge in [0.1, 0.15) is 11.6 Å². The summed E-state index contributed by atoms with van der Waals surface area (Å²) >= 11 is 0. The zero-order valence-corrected chi connectivity index (χ0v) is 10.3. The van der Waals surface area contributed by atoms with Gasteiger partial charge in [0.2, 0.25) is 0 Å². The maximum absolute atomic E-state index is 13.2. The molecule has 0 unspecified atom stereocenters. The molecule has 0 heterocycles.